The van der Waals surface area contributed by atoms with Gasteiger partial charge in [0, 0.05) is 44.0 Å². The van der Waals surface area contributed by atoms with Gasteiger partial charge in [-0.25, -0.2) is 8.42 Å². The zero-order chi connectivity index (χ0) is 20.6. The van der Waals surface area contributed by atoms with Crippen molar-refractivity contribution in [1.29, 1.82) is 0 Å². The maximum atomic E-state index is 13.8. The average molecular weight is 417 g/mol. The fraction of sp³-hybridized carbons (Fsp3) is 0.524. The van der Waals surface area contributed by atoms with Crippen LogP contribution in [0.1, 0.15) is 55.7 Å². The van der Waals surface area contributed by atoms with E-state index >= 15 is 0 Å². The van der Waals surface area contributed by atoms with E-state index in [4.69, 9.17) is 0 Å². The maximum Gasteiger partial charge on any atom is 0.243 e. The molecule has 4 rings (SSSR count). The van der Waals surface area contributed by atoms with E-state index in [-0.39, 0.29) is 11.9 Å². The number of carbonyl (C=O) groups is 1. The predicted octanol–water partition coefficient (Wildman–Crippen LogP) is 3.16. The van der Waals surface area contributed by atoms with Gasteiger partial charge in [-0.05, 0) is 43.9 Å². The normalized spacial score (nSPS) is 21.5. The Labute approximate surface area is 172 Å². The minimum absolute atomic E-state index is 0.0557. The molecule has 0 aliphatic carbocycles. The van der Waals surface area contributed by atoms with Crippen molar-refractivity contribution in [2.45, 2.75) is 56.4 Å². The summed E-state index contributed by atoms with van der Waals surface area (Å²) in [5, 5.41) is 4.25. The number of amides is 1. The third-order valence-electron chi connectivity index (χ3n) is 5.96. The van der Waals surface area contributed by atoms with Crippen molar-refractivity contribution < 1.29 is 13.2 Å². The van der Waals surface area contributed by atoms with Gasteiger partial charge in [0.2, 0.25) is 15.9 Å². The van der Waals surface area contributed by atoms with Gasteiger partial charge in [0.25, 0.3) is 0 Å². The van der Waals surface area contributed by atoms with Crippen molar-refractivity contribution in [1.82, 2.24) is 14.1 Å². The molecule has 7 nitrogen and oxygen atoms in total. The maximum absolute atomic E-state index is 13.8. The second-order valence-electron chi connectivity index (χ2n) is 8.03. The Morgan fingerprint density at radius 1 is 1.10 bits per heavy atom. The van der Waals surface area contributed by atoms with Crippen LogP contribution in [-0.2, 0) is 21.9 Å². The predicted molar refractivity (Wildman–Crippen MR) is 111 cm³/mol. The summed E-state index contributed by atoms with van der Waals surface area (Å²) in [5.74, 6) is 0.0557. The molecular weight excluding hydrogens is 388 g/mol. The zero-order valence-electron chi connectivity index (χ0n) is 17.0. The summed E-state index contributed by atoms with van der Waals surface area (Å²) >= 11 is 0. The fourth-order valence-corrected chi connectivity index (χ4v) is 6.33. The van der Waals surface area contributed by atoms with Gasteiger partial charge in [-0.15, -0.1) is 0 Å². The Morgan fingerprint density at radius 3 is 2.62 bits per heavy atom. The van der Waals surface area contributed by atoms with E-state index in [0.29, 0.717) is 35.7 Å². The molecule has 0 N–H and O–H groups in total. The Hall–Kier alpha value is -2.19. The van der Waals surface area contributed by atoms with Crippen molar-refractivity contribution in [3.8, 4) is 0 Å². The number of rotatable bonds is 4. The number of nitrogens with zero attached hydrogens (tertiary/aromatic N) is 4. The Bertz CT molecular complexity index is 1010. The van der Waals surface area contributed by atoms with E-state index in [1.165, 1.54) is 0 Å². The summed E-state index contributed by atoms with van der Waals surface area (Å²) in [4.78, 5) is 14.2. The number of anilines is 1. The Morgan fingerprint density at radius 2 is 1.93 bits per heavy atom. The van der Waals surface area contributed by atoms with E-state index in [1.54, 1.807) is 26.2 Å². The quantitative estimate of drug-likeness (QED) is 0.767. The number of benzene rings is 1. The summed E-state index contributed by atoms with van der Waals surface area (Å²) in [7, 11) is -1.87. The van der Waals surface area contributed by atoms with Gasteiger partial charge in [-0.1, -0.05) is 18.9 Å². The van der Waals surface area contributed by atoms with Gasteiger partial charge in [-0.3, -0.25) is 9.48 Å². The molecule has 1 aromatic heterocycles. The molecule has 0 radical (unpaired) electrons. The van der Waals surface area contributed by atoms with Crippen molar-refractivity contribution in [3.05, 3.63) is 41.7 Å². The summed E-state index contributed by atoms with van der Waals surface area (Å²) in [6, 6.07) is 5.12. The SMILES string of the molecule is Cc1ccc(N2CCCC2=O)cc1S(=O)(=O)N1CCCCC[C@H]1c1cnn(C)c1. The zero-order valence-corrected chi connectivity index (χ0v) is 17.9. The third kappa shape index (κ3) is 3.83. The van der Waals surface area contributed by atoms with Crippen LogP contribution in [0, 0.1) is 6.92 Å². The third-order valence-corrected chi connectivity index (χ3v) is 8.01. The lowest BCUT2D eigenvalue weighted by Crippen LogP contribution is -2.35. The number of aryl methyl sites for hydroxylation is 2. The first kappa shape index (κ1) is 20.1. The first-order valence-corrected chi connectivity index (χ1v) is 11.7. The number of aromatic nitrogens is 2. The van der Waals surface area contributed by atoms with Gasteiger partial charge in [-0.2, -0.15) is 9.40 Å². The number of hydrogen-bond acceptors (Lipinski definition) is 4. The molecule has 156 valence electrons. The molecule has 1 aromatic carbocycles. The van der Waals surface area contributed by atoms with Crippen LogP contribution in [-0.4, -0.2) is 41.5 Å². The van der Waals surface area contributed by atoms with Crippen molar-refractivity contribution >= 4 is 21.6 Å². The molecule has 0 bridgehead atoms. The molecular formula is C21H28N4O3S. The lowest BCUT2D eigenvalue weighted by atomic mass is 10.1. The van der Waals surface area contributed by atoms with Crippen LogP contribution in [0.5, 0.6) is 0 Å². The van der Waals surface area contributed by atoms with E-state index in [9.17, 15) is 13.2 Å². The monoisotopic (exact) mass is 416 g/mol. The van der Waals surface area contributed by atoms with Gasteiger partial charge >= 0.3 is 0 Å². The minimum atomic E-state index is -3.72. The molecule has 2 aliphatic rings. The molecule has 8 heteroatoms. The standard InChI is InChI=1S/C21H28N4O3S/c1-16-9-10-18(24-11-6-8-21(24)26)13-20(16)29(27,28)25-12-5-3-4-7-19(25)17-14-22-23(2)15-17/h9-10,13-15,19H,3-8,11-12H2,1-2H3/t19-/m0/s1. The largest absolute Gasteiger partial charge is 0.312 e. The summed E-state index contributed by atoms with van der Waals surface area (Å²) in [6.07, 6.45) is 8.65. The second-order valence-corrected chi connectivity index (χ2v) is 9.89. The molecule has 0 spiro atoms. The van der Waals surface area contributed by atoms with Crippen LogP contribution in [0.3, 0.4) is 0 Å². The smallest absolute Gasteiger partial charge is 0.243 e. The molecule has 0 saturated carbocycles. The minimum Gasteiger partial charge on any atom is -0.312 e. The number of carbonyl (C=O) groups excluding carboxylic acids is 1. The van der Waals surface area contributed by atoms with E-state index in [0.717, 1.165) is 37.7 Å². The van der Waals surface area contributed by atoms with E-state index < -0.39 is 10.0 Å². The summed E-state index contributed by atoms with van der Waals surface area (Å²) < 4.78 is 31.0. The first-order valence-electron chi connectivity index (χ1n) is 10.3. The number of sulfonamides is 1. The Balaban J connectivity index is 1.75. The second kappa shape index (κ2) is 7.91. The number of hydrogen-bond donors (Lipinski definition) is 0. The van der Waals surface area contributed by atoms with Crippen LogP contribution in [0.15, 0.2) is 35.5 Å². The molecule has 29 heavy (non-hydrogen) atoms. The van der Waals surface area contributed by atoms with Crippen LogP contribution >= 0.6 is 0 Å². The van der Waals surface area contributed by atoms with Gasteiger partial charge < -0.3 is 4.90 Å². The van der Waals surface area contributed by atoms with Crippen molar-refractivity contribution in [3.63, 3.8) is 0 Å². The van der Waals surface area contributed by atoms with Crippen LogP contribution in [0.25, 0.3) is 0 Å². The molecule has 0 unspecified atom stereocenters. The van der Waals surface area contributed by atoms with Crippen molar-refractivity contribution in [2.75, 3.05) is 18.0 Å². The Kier molecular flexibility index (Phi) is 5.48. The fourth-order valence-electron chi connectivity index (χ4n) is 4.40. The lowest BCUT2D eigenvalue weighted by molar-refractivity contribution is -0.117. The van der Waals surface area contributed by atoms with Gasteiger partial charge in [0.05, 0.1) is 17.1 Å². The summed E-state index contributed by atoms with van der Waals surface area (Å²) in [5.41, 5.74) is 2.31. The van der Waals surface area contributed by atoms with E-state index in [1.807, 2.05) is 32.3 Å². The van der Waals surface area contributed by atoms with Crippen LogP contribution < -0.4 is 4.90 Å². The highest BCUT2D eigenvalue weighted by Gasteiger charge is 2.35. The molecule has 2 fully saturated rings. The first-order chi connectivity index (χ1) is 13.9. The molecule has 3 heterocycles. The lowest BCUT2D eigenvalue weighted by Gasteiger charge is -2.29. The topological polar surface area (TPSA) is 75.5 Å². The van der Waals surface area contributed by atoms with Gasteiger partial charge in [0.15, 0.2) is 0 Å². The molecule has 2 aliphatic heterocycles. The van der Waals surface area contributed by atoms with Crippen molar-refractivity contribution in [2.24, 2.45) is 7.05 Å². The van der Waals surface area contributed by atoms with E-state index in [2.05, 4.69) is 5.10 Å². The molecule has 1 amide bonds. The summed E-state index contributed by atoms with van der Waals surface area (Å²) in [6.45, 7) is 2.96. The molecule has 2 saturated heterocycles. The highest BCUT2D eigenvalue weighted by Crippen LogP contribution is 2.36. The van der Waals surface area contributed by atoms with Crippen LogP contribution in [0.2, 0.25) is 0 Å². The molecule has 2 aromatic rings. The van der Waals surface area contributed by atoms with Gasteiger partial charge in [0.1, 0.15) is 0 Å². The highest BCUT2D eigenvalue weighted by atomic mass is 32.2. The average Bonchev–Trinajstić information content (AvgIpc) is 3.22. The van der Waals surface area contributed by atoms with Crippen LogP contribution in [0.4, 0.5) is 5.69 Å². The highest BCUT2D eigenvalue weighted by molar-refractivity contribution is 7.89. The molecule has 1 atom stereocenters.